The number of aryl methyl sites for hydroxylation is 1. The molecule has 1 amide bonds. The number of carbonyl (C=O) groups excluding carboxylic acids is 1. The molecule has 1 aromatic heterocycles. The van der Waals surface area contributed by atoms with E-state index < -0.39 is 0 Å². The van der Waals surface area contributed by atoms with Gasteiger partial charge in [-0.1, -0.05) is 6.42 Å². The molecule has 1 atom stereocenters. The van der Waals surface area contributed by atoms with E-state index in [0.29, 0.717) is 12.5 Å². The summed E-state index contributed by atoms with van der Waals surface area (Å²) < 4.78 is 0.743. The zero-order valence-corrected chi connectivity index (χ0v) is 13.1. The number of likely N-dealkylation sites (tertiary alicyclic amines) is 1. The summed E-state index contributed by atoms with van der Waals surface area (Å²) in [5.41, 5.74) is 1.01. The molecule has 1 saturated heterocycles. The number of aromatic nitrogens is 1. The number of H-pyrrole nitrogens is 1. The molecule has 6 heteroatoms. The number of amides is 1. The molecule has 0 saturated carbocycles. The van der Waals surface area contributed by atoms with Crippen LogP contribution >= 0.6 is 23.6 Å². The number of rotatable bonds is 4. The lowest BCUT2D eigenvalue weighted by atomic mass is 10.0. The maximum atomic E-state index is 12.0. The summed E-state index contributed by atoms with van der Waals surface area (Å²) in [5, 5.41) is 3.05. The van der Waals surface area contributed by atoms with Gasteiger partial charge in [0.05, 0.1) is 6.42 Å². The maximum Gasteiger partial charge on any atom is 0.225 e. The van der Waals surface area contributed by atoms with Crippen LogP contribution in [-0.2, 0) is 11.2 Å². The quantitative estimate of drug-likeness (QED) is 0.839. The summed E-state index contributed by atoms with van der Waals surface area (Å²) >= 11 is 6.57. The number of aromatic amines is 1. The number of nitrogens with one attached hydrogen (secondary N) is 2. The largest absolute Gasteiger partial charge is 0.354 e. The van der Waals surface area contributed by atoms with Crippen molar-refractivity contribution >= 4 is 29.5 Å². The molecule has 0 spiro atoms. The summed E-state index contributed by atoms with van der Waals surface area (Å²) in [7, 11) is 2.14. The van der Waals surface area contributed by atoms with Crippen molar-refractivity contribution in [2.75, 3.05) is 20.1 Å². The lowest BCUT2D eigenvalue weighted by molar-refractivity contribution is -0.120. The Hall–Kier alpha value is -0.720. The molecule has 19 heavy (non-hydrogen) atoms. The molecule has 1 aliphatic heterocycles. The zero-order chi connectivity index (χ0) is 13.8. The summed E-state index contributed by atoms with van der Waals surface area (Å²) in [6, 6.07) is 0.489. The van der Waals surface area contributed by atoms with Crippen LogP contribution in [0.1, 0.15) is 29.8 Å². The van der Waals surface area contributed by atoms with E-state index in [-0.39, 0.29) is 5.91 Å². The van der Waals surface area contributed by atoms with Crippen LogP contribution in [0.25, 0.3) is 0 Å². The fourth-order valence-electron chi connectivity index (χ4n) is 2.45. The second-order valence-corrected chi connectivity index (χ2v) is 6.95. The van der Waals surface area contributed by atoms with Gasteiger partial charge in [-0.15, -0.1) is 11.3 Å². The molecule has 2 N–H and O–H groups in total. The van der Waals surface area contributed by atoms with Crippen molar-refractivity contribution in [3.05, 3.63) is 14.5 Å². The first kappa shape index (κ1) is 14.7. The first-order valence-corrected chi connectivity index (χ1v) is 7.94. The summed E-state index contributed by atoms with van der Waals surface area (Å²) in [6.07, 6.45) is 4.15. The molecule has 1 fully saturated rings. The highest BCUT2D eigenvalue weighted by Crippen LogP contribution is 2.16. The van der Waals surface area contributed by atoms with Gasteiger partial charge >= 0.3 is 0 Å². The molecular weight excluding hydrogens is 278 g/mol. The number of hydrogen-bond donors (Lipinski definition) is 2. The molecule has 2 rings (SSSR count). The zero-order valence-electron chi connectivity index (χ0n) is 11.5. The topological polar surface area (TPSA) is 48.1 Å². The predicted molar refractivity (Wildman–Crippen MR) is 81.2 cm³/mol. The molecule has 0 aromatic carbocycles. The average Bonchev–Trinajstić information content (AvgIpc) is 2.67. The number of nitrogens with zero attached hydrogens (tertiary/aromatic N) is 1. The van der Waals surface area contributed by atoms with Gasteiger partial charge in [-0.3, -0.25) is 4.79 Å². The molecule has 4 nitrogen and oxygen atoms in total. The van der Waals surface area contributed by atoms with Crippen molar-refractivity contribution in [2.45, 2.75) is 38.6 Å². The van der Waals surface area contributed by atoms with E-state index in [1.54, 1.807) is 0 Å². The van der Waals surface area contributed by atoms with Crippen LogP contribution in [0, 0.1) is 10.9 Å². The Morgan fingerprint density at radius 2 is 2.37 bits per heavy atom. The number of thiazole rings is 1. The SMILES string of the molecule is Cc1[nH]c(=S)sc1CC(=O)NCC1CCCCN1C. The van der Waals surface area contributed by atoms with Gasteiger partial charge in [0.2, 0.25) is 5.91 Å². The standard InChI is InChI=1S/C13H21N3OS2/c1-9-11(19-13(18)15-9)7-12(17)14-8-10-5-3-4-6-16(10)2/h10H,3-8H2,1-2H3,(H,14,17)(H,15,18). The number of hydrogen-bond acceptors (Lipinski definition) is 4. The fourth-order valence-corrected chi connectivity index (χ4v) is 3.74. The van der Waals surface area contributed by atoms with Crippen molar-refractivity contribution in [2.24, 2.45) is 0 Å². The smallest absolute Gasteiger partial charge is 0.225 e. The number of likely N-dealkylation sites (N-methyl/N-ethyl adjacent to an activating group) is 1. The summed E-state index contributed by atoms with van der Waals surface area (Å²) in [6.45, 7) is 3.85. The van der Waals surface area contributed by atoms with Crippen molar-refractivity contribution in [1.82, 2.24) is 15.2 Å². The van der Waals surface area contributed by atoms with Crippen molar-refractivity contribution < 1.29 is 4.79 Å². The average molecular weight is 299 g/mol. The van der Waals surface area contributed by atoms with Crippen molar-refractivity contribution in [3.8, 4) is 0 Å². The van der Waals surface area contributed by atoms with Gasteiger partial charge in [-0.05, 0) is 45.6 Å². The van der Waals surface area contributed by atoms with Crippen LogP contribution in [0.4, 0.5) is 0 Å². The van der Waals surface area contributed by atoms with E-state index in [0.717, 1.165) is 27.6 Å². The minimum Gasteiger partial charge on any atom is -0.354 e. The second kappa shape index (κ2) is 6.63. The third-order valence-electron chi connectivity index (χ3n) is 3.70. The third kappa shape index (κ3) is 4.12. The van der Waals surface area contributed by atoms with E-state index in [4.69, 9.17) is 12.2 Å². The van der Waals surface area contributed by atoms with Gasteiger partial charge in [-0.2, -0.15) is 0 Å². The summed E-state index contributed by atoms with van der Waals surface area (Å²) in [4.78, 5) is 18.4. The molecule has 1 aromatic rings. The molecule has 2 heterocycles. The normalized spacial score (nSPS) is 20.4. The van der Waals surface area contributed by atoms with Gasteiger partial charge in [0.25, 0.3) is 0 Å². The highest BCUT2D eigenvalue weighted by Gasteiger charge is 2.19. The first-order chi connectivity index (χ1) is 9.06. The number of carbonyl (C=O) groups is 1. The van der Waals surface area contributed by atoms with Gasteiger partial charge in [0.1, 0.15) is 0 Å². The molecule has 1 unspecified atom stereocenters. The molecule has 0 radical (unpaired) electrons. The fraction of sp³-hybridized carbons (Fsp3) is 0.692. The highest BCUT2D eigenvalue weighted by atomic mass is 32.1. The van der Waals surface area contributed by atoms with Gasteiger partial charge in [0.15, 0.2) is 3.95 Å². The first-order valence-electron chi connectivity index (χ1n) is 6.72. The Balaban J connectivity index is 1.81. The second-order valence-electron chi connectivity index (χ2n) is 5.17. The monoisotopic (exact) mass is 299 g/mol. The van der Waals surface area contributed by atoms with Gasteiger partial charge < -0.3 is 15.2 Å². The molecule has 0 aliphatic carbocycles. The molecule has 106 valence electrons. The Kier molecular flexibility index (Phi) is 5.13. The lowest BCUT2D eigenvalue weighted by Crippen LogP contribution is -2.44. The van der Waals surface area contributed by atoms with E-state index in [1.165, 1.54) is 30.6 Å². The van der Waals surface area contributed by atoms with Crippen LogP contribution < -0.4 is 5.32 Å². The Bertz CT molecular complexity index is 494. The van der Waals surface area contributed by atoms with Crippen LogP contribution in [0.2, 0.25) is 0 Å². The van der Waals surface area contributed by atoms with Crippen LogP contribution in [0.3, 0.4) is 0 Å². The van der Waals surface area contributed by atoms with E-state index in [2.05, 4.69) is 22.2 Å². The Labute approximate surface area is 123 Å². The highest BCUT2D eigenvalue weighted by molar-refractivity contribution is 7.73. The number of piperidine rings is 1. The van der Waals surface area contributed by atoms with E-state index in [1.807, 2.05) is 6.92 Å². The molecular formula is C13H21N3OS2. The molecule has 1 aliphatic rings. The lowest BCUT2D eigenvalue weighted by Gasteiger charge is -2.32. The minimum atomic E-state index is 0.0901. The van der Waals surface area contributed by atoms with Crippen LogP contribution in [0.15, 0.2) is 0 Å². The maximum absolute atomic E-state index is 12.0. The van der Waals surface area contributed by atoms with Gasteiger partial charge in [0, 0.05) is 23.2 Å². The third-order valence-corrected chi connectivity index (χ3v) is 5.04. The van der Waals surface area contributed by atoms with Gasteiger partial charge in [-0.25, -0.2) is 0 Å². The van der Waals surface area contributed by atoms with Crippen LogP contribution in [0.5, 0.6) is 0 Å². The van der Waals surface area contributed by atoms with Crippen molar-refractivity contribution in [1.29, 1.82) is 0 Å². The Morgan fingerprint density at radius 1 is 1.58 bits per heavy atom. The van der Waals surface area contributed by atoms with E-state index in [9.17, 15) is 4.79 Å². The molecule has 0 bridgehead atoms. The van der Waals surface area contributed by atoms with E-state index >= 15 is 0 Å². The minimum absolute atomic E-state index is 0.0901. The summed E-state index contributed by atoms with van der Waals surface area (Å²) in [5.74, 6) is 0.0901. The Morgan fingerprint density at radius 3 is 3.00 bits per heavy atom. The predicted octanol–water partition coefficient (Wildman–Crippen LogP) is 2.26. The van der Waals surface area contributed by atoms with Crippen molar-refractivity contribution in [3.63, 3.8) is 0 Å². The van der Waals surface area contributed by atoms with Crippen LogP contribution in [-0.4, -0.2) is 42.0 Å².